The lowest BCUT2D eigenvalue weighted by atomic mass is 10.1. The van der Waals surface area contributed by atoms with Gasteiger partial charge in [0.15, 0.2) is 11.8 Å². The van der Waals surface area contributed by atoms with Crippen LogP contribution in [-0.4, -0.2) is 28.4 Å². The summed E-state index contributed by atoms with van der Waals surface area (Å²) in [5, 5.41) is 0.851. The standard InChI is InChI=1S/C24H22N4O3S/c1-16-6-2-5-9-21(16)31-14-22(29)27-28-23(30)18-12-10-17(11-13-18)15-32-24-25-19-7-3-4-8-20(19)26-24/h2-13H,14-15H2,1H3,(H,25,26)(H,27,29)(H,28,30). The van der Waals surface area contributed by atoms with Crippen LogP contribution in [0.25, 0.3) is 11.0 Å². The predicted octanol–water partition coefficient (Wildman–Crippen LogP) is 4.00. The summed E-state index contributed by atoms with van der Waals surface area (Å²) in [6, 6.07) is 22.5. The summed E-state index contributed by atoms with van der Waals surface area (Å²) >= 11 is 1.59. The quantitative estimate of drug-likeness (QED) is 0.295. The molecule has 162 valence electrons. The van der Waals surface area contributed by atoms with Crippen LogP contribution in [0.4, 0.5) is 0 Å². The summed E-state index contributed by atoms with van der Waals surface area (Å²) < 4.78 is 5.46. The fraction of sp³-hybridized carbons (Fsp3) is 0.125. The highest BCUT2D eigenvalue weighted by molar-refractivity contribution is 7.98. The van der Waals surface area contributed by atoms with Crippen molar-refractivity contribution in [2.24, 2.45) is 0 Å². The summed E-state index contributed by atoms with van der Waals surface area (Å²) in [4.78, 5) is 32.1. The van der Waals surface area contributed by atoms with Crippen molar-refractivity contribution in [1.82, 2.24) is 20.8 Å². The van der Waals surface area contributed by atoms with Crippen LogP contribution in [0.2, 0.25) is 0 Å². The summed E-state index contributed by atoms with van der Waals surface area (Å²) in [7, 11) is 0. The second-order valence-corrected chi connectivity index (χ2v) is 8.07. The smallest absolute Gasteiger partial charge is 0.276 e. The van der Waals surface area contributed by atoms with Crippen molar-refractivity contribution < 1.29 is 14.3 Å². The first-order chi connectivity index (χ1) is 15.6. The van der Waals surface area contributed by atoms with Crippen molar-refractivity contribution in [3.63, 3.8) is 0 Å². The van der Waals surface area contributed by atoms with Gasteiger partial charge in [0, 0.05) is 11.3 Å². The zero-order valence-corrected chi connectivity index (χ0v) is 18.2. The van der Waals surface area contributed by atoms with Crippen molar-refractivity contribution in [3.05, 3.63) is 89.5 Å². The average molecular weight is 447 g/mol. The Morgan fingerprint density at radius 1 is 0.969 bits per heavy atom. The van der Waals surface area contributed by atoms with E-state index in [-0.39, 0.29) is 6.61 Å². The maximum atomic E-state index is 12.3. The molecule has 0 aliphatic rings. The minimum absolute atomic E-state index is 0.191. The van der Waals surface area contributed by atoms with Crippen molar-refractivity contribution >= 4 is 34.6 Å². The van der Waals surface area contributed by atoms with Crippen LogP contribution in [0.3, 0.4) is 0 Å². The molecule has 0 spiro atoms. The van der Waals surface area contributed by atoms with E-state index in [1.165, 1.54) is 0 Å². The Balaban J connectivity index is 1.23. The first-order valence-corrected chi connectivity index (χ1v) is 11.0. The number of hydrazine groups is 1. The number of fused-ring (bicyclic) bond motifs is 1. The largest absolute Gasteiger partial charge is 0.483 e. The van der Waals surface area contributed by atoms with Gasteiger partial charge in [-0.1, -0.05) is 54.2 Å². The van der Waals surface area contributed by atoms with E-state index < -0.39 is 11.8 Å². The lowest BCUT2D eigenvalue weighted by Crippen LogP contribution is -2.43. The first kappa shape index (κ1) is 21.5. The number of hydrogen-bond acceptors (Lipinski definition) is 5. The third-order valence-electron chi connectivity index (χ3n) is 4.73. The molecule has 0 bridgehead atoms. The van der Waals surface area contributed by atoms with Crippen LogP contribution in [0, 0.1) is 6.92 Å². The number of hydrogen-bond donors (Lipinski definition) is 3. The fourth-order valence-corrected chi connectivity index (χ4v) is 3.84. The molecule has 7 nitrogen and oxygen atoms in total. The molecule has 0 aliphatic carbocycles. The predicted molar refractivity (Wildman–Crippen MR) is 124 cm³/mol. The van der Waals surface area contributed by atoms with Gasteiger partial charge in [0.25, 0.3) is 11.8 Å². The number of carbonyl (C=O) groups excluding carboxylic acids is 2. The maximum Gasteiger partial charge on any atom is 0.276 e. The van der Waals surface area contributed by atoms with E-state index in [4.69, 9.17) is 4.74 Å². The van der Waals surface area contributed by atoms with Crippen LogP contribution in [0.15, 0.2) is 78.0 Å². The van der Waals surface area contributed by atoms with Crippen LogP contribution in [-0.2, 0) is 10.5 Å². The van der Waals surface area contributed by atoms with E-state index in [1.54, 1.807) is 30.0 Å². The Kier molecular flexibility index (Phi) is 6.72. The van der Waals surface area contributed by atoms with Gasteiger partial charge in [-0.2, -0.15) is 0 Å². The molecule has 4 rings (SSSR count). The molecular weight excluding hydrogens is 424 g/mol. The Labute approximate surface area is 189 Å². The second kappa shape index (κ2) is 10.0. The fourth-order valence-electron chi connectivity index (χ4n) is 3.00. The van der Waals surface area contributed by atoms with Gasteiger partial charge >= 0.3 is 0 Å². The molecule has 0 fully saturated rings. The maximum absolute atomic E-state index is 12.3. The van der Waals surface area contributed by atoms with E-state index in [0.29, 0.717) is 17.1 Å². The van der Waals surface area contributed by atoms with Gasteiger partial charge in [0.05, 0.1) is 11.0 Å². The lowest BCUT2D eigenvalue weighted by molar-refractivity contribution is -0.123. The molecule has 8 heteroatoms. The summed E-state index contributed by atoms with van der Waals surface area (Å²) in [6.45, 7) is 1.71. The third-order valence-corrected chi connectivity index (χ3v) is 5.67. The van der Waals surface area contributed by atoms with Crippen LogP contribution in [0.1, 0.15) is 21.5 Å². The number of imidazole rings is 1. The number of nitrogens with zero attached hydrogens (tertiary/aromatic N) is 1. The van der Waals surface area contributed by atoms with E-state index in [0.717, 1.165) is 27.3 Å². The topological polar surface area (TPSA) is 96.1 Å². The number of aromatic nitrogens is 2. The molecule has 0 radical (unpaired) electrons. The number of carbonyl (C=O) groups is 2. The van der Waals surface area contributed by atoms with E-state index >= 15 is 0 Å². The van der Waals surface area contributed by atoms with Crippen LogP contribution >= 0.6 is 11.8 Å². The van der Waals surface area contributed by atoms with Gasteiger partial charge in [-0.25, -0.2) is 4.98 Å². The van der Waals surface area contributed by atoms with E-state index in [1.807, 2.05) is 61.5 Å². The van der Waals surface area contributed by atoms with Crippen molar-refractivity contribution in [2.45, 2.75) is 17.8 Å². The second-order valence-electron chi connectivity index (χ2n) is 7.10. The Morgan fingerprint density at radius 2 is 1.72 bits per heavy atom. The average Bonchev–Trinajstić information content (AvgIpc) is 3.24. The number of ether oxygens (including phenoxy) is 1. The molecule has 0 aliphatic heterocycles. The SMILES string of the molecule is Cc1ccccc1OCC(=O)NNC(=O)c1ccc(CSc2nc3ccccc3[nH]2)cc1. The monoisotopic (exact) mass is 446 g/mol. The Morgan fingerprint density at radius 3 is 2.50 bits per heavy atom. The van der Waals surface area contributed by atoms with Crippen molar-refractivity contribution in [1.29, 1.82) is 0 Å². The number of benzene rings is 3. The third kappa shape index (κ3) is 5.47. The van der Waals surface area contributed by atoms with Gasteiger partial charge in [-0.05, 0) is 48.4 Å². The highest BCUT2D eigenvalue weighted by Crippen LogP contribution is 2.23. The number of amides is 2. The highest BCUT2D eigenvalue weighted by atomic mass is 32.2. The number of rotatable bonds is 7. The Hall–Kier alpha value is -3.78. The molecule has 1 heterocycles. The number of nitrogens with one attached hydrogen (secondary N) is 3. The van der Waals surface area contributed by atoms with Crippen LogP contribution in [0.5, 0.6) is 5.75 Å². The lowest BCUT2D eigenvalue weighted by Gasteiger charge is -2.10. The molecule has 3 aromatic carbocycles. The number of para-hydroxylation sites is 3. The van der Waals surface area contributed by atoms with E-state index in [2.05, 4.69) is 20.8 Å². The Bertz CT molecular complexity index is 1200. The summed E-state index contributed by atoms with van der Waals surface area (Å²) in [6.07, 6.45) is 0. The van der Waals surface area contributed by atoms with Gasteiger partial charge in [-0.3, -0.25) is 20.4 Å². The number of aryl methyl sites for hydroxylation is 1. The zero-order valence-electron chi connectivity index (χ0n) is 17.4. The van der Waals surface area contributed by atoms with Gasteiger partial charge in [0.1, 0.15) is 5.75 Å². The minimum Gasteiger partial charge on any atom is -0.483 e. The molecule has 0 unspecified atom stereocenters. The number of thioether (sulfide) groups is 1. The molecule has 32 heavy (non-hydrogen) atoms. The molecule has 4 aromatic rings. The molecule has 0 atom stereocenters. The summed E-state index contributed by atoms with van der Waals surface area (Å²) in [5.41, 5.74) is 9.15. The first-order valence-electron chi connectivity index (χ1n) is 10.0. The summed E-state index contributed by atoms with van der Waals surface area (Å²) in [5.74, 6) is 0.505. The van der Waals surface area contributed by atoms with Crippen LogP contribution < -0.4 is 15.6 Å². The number of aromatic amines is 1. The minimum atomic E-state index is -0.444. The molecule has 0 saturated carbocycles. The highest BCUT2D eigenvalue weighted by Gasteiger charge is 2.09. The van der Waals surface area contributed by atoms with E-state index in [9.17, 15) is 9.59 Å². The van der Waals surface area contributed by atoms with Crippen molar-refractivity contribution in [3.8, 4) is 5.75 Å². The molecule has 0 saturated heterocycles. The van der Waals surface area contributed by atoms with Gasteiger partial charge in [0.2, 0.25) is 0 Å². The number of H-pyrrole nitrogens is 1. The molecular formula is C24H22N4O3S. The zero-order chi connectivity index (χ0) is 22.3. The van der Waals surface area contributed by atoms with Gasteiger partial charge in [-0.15, -0.1) is 0 Å². The molecule has 2 amide bonds. The normalized spacial score (nSPS) is 10.7. The molecule has 3 N–H and O–H groups in total. The molecule has 1 aromatic heterocycles. The van der Waals surface area contributed by atoms with Gasteiger partial charge < -0.3 is 9.72 Å². The van der Waals surface area contributed by atoms with Crippen molar-refractivity contribution in [2.75, 3.05) is 6.61 Å².